The molecule has 34 heavy (non-hydrogen) atoms. The Labute approximate surface area is 208 Å². The largest absolute Gasteiger partial charge is 0.480 e. The highest BCUT2D eigenvalue weighted by atomic mass is 32.2. The molecular formula is C25H33N3O4S2. The molecule has 4 rings (SSSR count). The fraction of sp³-hybridized carbons (Fsp3) is 0.520. The van der Waals surface area contributed by atoms with E-state index in [-0.39, 0.29) is 12.5 Å². The number of aliphatic hydroxyl groups is 3. The van der Waals surface area contributed by atoms with E-state index >= 15 is 0 Å². The van der Waals surface area contributed by atoms with Crippen molar-refractivity contribution in [3.05, 3.63) is 47.5 Å². The lowest BCUT2D eigenvalue weighted by Gasteiger charge is -2.39. The molecule has 3 N–H and O–H groups in total. The van der Waals surface area contributed by atoms with Gasteiger partial charge in [0, 0.05) is 31.0 Å². The average Bonchev–Trinajstić information content (AvgIpc) is 3.38. The number of likely N-dealkylation sites (tertiary alicyclic amines) is 1. The number of thiophene rings is 1. The lowest BCUT2D eigenvalue weighted by molar-refractivity contribution is -0.0144. The predicted octanol–water partition coefficient (Wildman–Crippen LogP) is 3.60. The third-order valence-electron chi connectivity index (χ3n) is 6.64. The normalized spacial score (nSPS) is 20.9. The van der Waals surface area contributed by atoms with Crippen LogP contribution in [0.5, 0.6) is 5.88 Å². The van der Waals surface area contributed by atoms with Crippen LogP contribution < -0.4 is 4.74 Å². The van der Waals surface area contributed by atoms with E-state index in [1.54, 1.807) is 23.6 Å². The summed E-state index contributed by atoms with van der Waals surface area (Å²) < 4.78 is 6.53. The van der Waals surface area contributed by atoms with Crippen molar-refractivity contribution in [1.82, 2.24) is 14.9 Å². The number of hydrogen-bond donors (Lipinski definition) is 3. The summed E-state index contributed by atoms with van der Waals surface area (Å²) in [6.07, 6.45) is 1.68. The summed E-state index contributed by atoms with van der Waals surface area (Å²) in [5.74, 6) is 1.95. The molecular weight excluding hydrogens is 470 g/mol. The van der Waals surface area contributed by atoms with Crippen LogP contribution in [0.1, 0.15) is 30.9 Å². The van der Waals surface area contributed by atoms with Crippen molar-refractivity contribution >= 4 is 34.1 Å². The third kappa shape index (κ3) is 6.27. The molecule has 1 aliphatic rings. The summed E-state index contributed by atoms with van der Waals surface area (Å²) in [7, 11) is 1.53. The van der Waals surface area contributed by atoms with Gasteiger partial charge in [-0.1, -0.05) is 18.2 Å². The number of methoxy groups -OCH3 is 1. The minimum absolute atomic E-state index is 0.135. The first-order chi connectivity index (χ1) is 16.6. The van der Waals surface area contributed by atoms with Crippen LogP contribution in [0.15, 0.2) is 46.1 Å². The molecule has 0 spiro atoms. The van der Waals surface area contributed by atoms with Gasteiger partial charge in [-0.3, -0.25) is 0 Å². The van der Waals surface area contributed by atoms with E-state index in [4.69, 9.17) is 4.74 Å². The smallest absolute Gasteiger partial charge is 0.232 e. The number of rotatable bonds is 11. The van der Waals surface area contributed by atoms with Gasteiger partial charge >= 0.3 is 0 Å². The summed E-state index contributed by atoms with van der Waals surface area (Å²) in [5.41, 5.74) is 1.74. The van der Waals surface area contributed by atoms with Crippen LogP contribution in [0.3, 0.4) is 0 Å². The maximum atomic E-state index is 11.0. The number of benzene rings is 1. The molecule has 1 aromatic carbocycles. The van der Waals surface area contributed by atoms with Crippen LogP contribution in [0.25, 0.3) is 11.0 Å². The molecule has 7 nitrogen and oxygen atoms in total. The number of fused-ring (bicyclic) bond motifs is 1. The topological polar surface area (TPSA) is 98.9 Å². The van der Waals surface area contributed by atoms with Crippen molar-refractivity contribution in [3.8, 4) is 5.88 Å². The van der Waals surface area contributed by atoms with Crippen LogP contribution in [0.4, 0.5) is 0 Å². The molecule has 1 aliphatic heterocycles. The van der Waals surface area contributed by atoms with Gasteiger partial charge in [0.15, 0.2) is 0 Å². The van der Waals surface area contributed by atoms with Gasteiger partial charge in [-0.25, -0.2) is 9.97 Å². The zero-order chi connectivity index (χ0) is 23.9. The van der Waals surface area contributed by atoms with Gasteiger partial charge in [0.2, 0.25) is 5.88 Å². The van der Waals surface area contributed by atoms with E-state index in [2.05, 4.69) is 32.4 Å². The predicted molar refractivity (Wildman–Crippen MR) is 136 cm³/mol. The molecule has 3 aromatic rings. The molecule has 0 aliphatic carbocycles. The van der Waals surface area contributed by atoms with Crippen LogP contribution >= 0.6 is 23.1 Å². The van der Waals surface area contributed by atoms with E-state index in [0.29, 0.717) is 41.2 Å². The molecule has 0 unspecified atom stereocenters. The molecule has 2 aromatic heterocycles. The van der Waals surface area contributed by atoms with Gasteiger partial charge in [-0.2, -0.15) is 0 Å². The maximum absolute atomic E-state index is 11.0. The molecule has 0 saturated carbocycles. The second-order valence-electron chi connectivity index (χ2n) is 8.78. The first-order valence-electron chi connectivity index (χ1n) is 11.7. The van der Waals surface area contributed by atoms with Crippen molar-refractivity contribution < 1.29 is 20.1 Å². The lowest BCUT2D eigenvalue weighted by Crippen LogP contribution is -2.43. The average molecular weight is 504 g/mol. The highest BCUT2D eigenvalue weighted by Gasteiger charge is 2.33. The van der Waals surface area contributed by atoms with Crippen molar-refractivity contribution in [2.24, 2.45) is 11.8 Å². The molecule has 3 heterocycles. The number of thioether (sulfide) groups is 1. The Kier molecular flexibility index (Phi) is 9.16. The van der Waals surface area contributed by atoms with E-state index in [9.17, 15) is 15.3 Å². The lowest BCUT2D eigenvalue weighted by atomic mass is 9.79. The highest BCUT2D eigenvalue weighted by molar-refractivity contribution is 8.01. The fourth-order valence-corrected chi connectivity index (χ4v) is 6.67. The van der Waals surface area contributed by atoms with Gasteiger partial charge in [-0.05, 0) is 55.2 Å². The Bertz CT molecular complexity index is 1040. The minimum Gasteiger partial charge on any atom is -0.480 e. The third-order valence-corrected chi connectivity index (χ3v) is 8.75. The van der Waals surface area contributed by atoms with E-state index in [1.165, 1.54) is 11.3 Å². The Morgan fingerprint density at radius 1 is 1.24 bits per heavy atom. The molecule has 0 amide bonds. The second kappa shape index (κ2) is 12.3. The molecule has 0 radical (unpaired) electrons. The quantitative estimate of drug-likeness (QED) is 0.342. The van der Waals surface area contributed by atoms with Gasteiger partial charge < -0.3 is 25.0 Å². The zero-order valence-electron chi connectivity index (χ0n) is 19.4. The summed E-state index contributed by atoms with van der Waals surface area (Å²) in [5, 5.41) is 33.8. The number of aliphatic hydroxyl groups excluding tert-OH is 3. The molecule has 4 atom stereocenters. The van der Waals surface area contributed by atoms with E-state index in [0.717, 1.165) is 31.8 Å². The van der Waals surface area contributed by atoms with Crippen molar-refractivity contribution in [2.75, 3.05) is 39.1 Å². The van der Waals surface area contributed by atoms with Gasteiger partial charge in [0.25, 0.3) is 0 Å². The molecule has 0 bridgehead atoms. The number of aromatic nitrogens is 2. The van der Waals surface area contributed by atoms with Crippen LogP contribution in [0.2, 0.25) is 0 Å². The zero-order valence-corrected chi connectivity index (χ0v) is 21.0. The molecule has 1 saturated heterocycles. The van der Waals surface area contributed by atoms with Gasteiger partial charge in [0.1, 0.15) is 6.10 Å². The fourth-order valence-electron chi connectivity index (χ4n) is 4.81. The minimum atomic E-state index is -1.07. The number of hydrogen-bond acceptors (Lipinski definition) is 9. The number of nitrogens with zero attached hydrogens (tertiary/aromatic N) is 3. The Balaban J connectivity index is 1.37. The van der Waals surface area contributed by atoms with Gasteiger partial charge in [0.05, 0.1) is 34.7 Å². The SMILES string of the molecule is COc1cnc2cccc([C@@H](O)[C@H](O)C[C@@H]3CCN(CCSc4cccs4)C[C@@H]3CCO)c2n1. The van der Waals surface area contributed by atoms with E-state index < -0.39 is 12.2 Å². The summed E-state index contributed by atoms with van der Waals surface area (Å²) in [4.78, 5) is 11.3. The molecule has 184 valence electrons. The highest BCUT2D eigenvalue weighted by Crippen LogP contribution is 2.34. The first-order valence-corrected chi connectivity index (χ1v) is 13.6. The summed E-state index contributed by atoms with van der Waals surface area (Å²) >= 11 is 3.66. The monoisotopic (exact) mass is 503 g/mol. The number of piperidine rings is 1. The molecule has 1 fully saturated rings. The Morgan fingerprint density at radius 2 is 2.12 bits per heavy atom. The Hall–Kier alpha value is -1.75. The van der Waals surface area contributed by atoms with Crippen LogP contribution in [0, 0.1) is 11.8 Å². The number of ether oxygens (including phenoxy) is 1. The van der Waals surface area contributed by atoms with E-state index in [1.807, 2.05) is 23.9 Å². The summed E-state index contributed by atoms with van der Waals surface area (Å²) in [6.45, 7) is 3.03. The van der Waals surface area contributed by atoms with Crippen molar-refractivity contribution in [2.45, 2.75) is 35.7 Å². The number of para-hydroxylation sites is 1. The van der Waals surface area contributed by atoms with Gasteiger partial charge in [-0.15, -0.1) is 23.1 Å². The van der Waals surface area contributed by atoms with Crippen molar-refractivity contribution in [1.29, 1.82) is 0 Å². The second-order valence-corrected chi connectivity index (χ2v) is 11.1. The Morgan fingerprint density at radius 3 is 2.88 bits per heavy atom. The maximum Gasteiger partial charge on any atom is 0.232 e. The van der Waals surface area contributed by atoms with Crippen LogP contribution in [-0.2, 0) is 0 Å². The first kappa shape index (κ1) is 25.3. The van der Waals surface area contributed by atoms with Crippen molar-refractivity contribution in [3.63, 3.8) is 0 Å². The standard InChI is InChI=1S/C25H33N3O4S2/c1-32-22-15-26-20-5-2-4-19(24(20)27-22)25(31)21(30)14-17-7-9-28(16-18(17)8-11-29)10-13-34-23-6-3-12-33-23/h2-6,12,15,17-18,21,25,29-31H,7-11,13-14,16H2,1H3/t17-,18-,21+,25+/m0/s1. The molecule has 9 heteroatoms. The van der Waals surface area contributed by atoms with Crippen LogP contribution in [-0.4, -0.2) is 75.4 Å². The summed E-state index contributed by atoms with van der Waals surface area (Å²) in [6, 6.07) is 9.66.